The largest absolute Gasteiger partial charge is 0.506 e. The van der Waals surface area contributed by atoms with Crippen molar-refractivity contribution < 1.29 is 5.11 Å². The summed E-state index contributed by atoms with van der Waals surface area (Å²) in [7, 11) is 0. The van der Waals surface area contributed by atoms with Crippen LogP contribution in [0.3, 0.4) is 0 Å². The maximum absolute atomic E-state index is 10.0. The Morgan fingerprint density at radius 1 is 1.28 bits per heavy atom. The second-order valence-electron chi connectivity index (χ2n) is 4.75. The fourth-order valence-electron chi connectivity index (χ4n) is 2.59. The van der Waals surface area contributed by atoms with E-state index < -0.39 is 0 Å². The summed E-state index contributed by atoms with van der Waals surface area (Å²) in [4.78, 5) is 0. The van der Waals surface area contributed by atoms with Crippen LogP contribution in [0.2, 0.25) is 5.02 Å². The van der Waals surface area contributed by atoms with Gasteiger partial charge in [-0.05, 0) is 46.8 Å². The second kappa shape index (κ2) is 6.99. The van der Waals surface area contributed by atoms with Crippen LogP contribution in [0.5, 0.6) is 5.75 Å². The molecule has 1 aromatic carbocycles. The van der Waals surface area contributed by atoms with Crippen molar-refractivity contribution in [2.45, 2.75) is 38.1 Å². The van der Waals surface area contributed by atoms with Gasteiger partial charge in [-0.1, -0.05) is 30.9 Å². The van der Waals surface area contributed by atoms with E-state index in [1.807, 2.05) is 0 Å². The highest BCUT2D eigenvalue weighted by Gasteiger charge is 2.24. The number of hydrogen-bond acceptors (Lipinski definition) is 2. The van der Waals surface area contributed by atoms with Gasteiger partial charge in [-0.3, -0.25) is 0 Å². The van der Waals surface area contributed by atoms with Crippen molar-refractivity contribution in [3.63, 3.8) is 0 Å². The van der Waals surface area contributed by atoms with E-state index in [1.165, 1.54) is 19.3 Å². The Hall–Kier alpha value is 0.0400. The lowest BCUT2D eigenvalue weighted by atomic mass is 9.81. The lowest BCUT2D eigenvalue weighted by Crippen LogP contribution is -2.23. The van der Waals surface area contributed by atoms with Crippen LogP contribution in [0.1, 0.15) is 43.7 Å². The summed E-state index contributed by atoms with van der Waals surface area (Å²) in [6, 6.07) is 3.35. The molecule has 0 unspecified atom stereocenters. The summed E-state index contributed by atoms with van der Waals surface area (Å²) in [6.45, 7) is 0. The number of benzene rings is 1. The lowest BCUT2D eigenvalue weighted by Gasteiger charge is -2.28. The molecule has 0 bridgehead atoms. The van der Waals surface area contributed by atoms with Gasteiger partial charge in [0.05, 0.1) is 4.47 Å². The second-order valence-corrected chi connectivity index (χ2v) is 6.04. The number of rotatable bonds is 2. The van der Waals surface area contributed by atoms with Crippen LogP contribution >= 0.6 is 39.9 Å². The molecule has 1 fully saturated rings. The zero-order valence-electron chi connectivity index (χ0n) is 10.0. The fraction of sp³-hybridized carbons (Fsp3) is 0.538. The van der Waals surface area contributed by atoms with Gasteiger partial charge in [0.2, 0.25) is 0 Å². The Labute approximate surface area is 127 Å². The summed E-state index contributed by atoms with van der Waals surface area (Å²) in [5.41, 5.74) is 7.03. The molecule has 1 aliphatic rings. The maximum atomic E-state index is 10.0. The minimum atomic E-state index is -0.120. The number of aromatic hydroxyl groups is 1. The molecule has 5 heteroatoms. The molecule has 0 heterocycles. The van der Waals surface area contributed by atoms with Gasteiger partial charge in [0.1, 0.15) is 5.75 Å². The first-order valence-electron chi connectivity index (χ1n) is 6.03. The van der Waals surface area contributed by atoms with Crippen LogP contribution in [0.25, 0.3) is 0 Å². The molecule has 0 aliphatic heterocycles. The molecule has 2 rings (SSSR count). The smallest absolute Gasteiger partial charge is 0.134 e. The standard InChI is InChI=1S/C13H17BrClNO.ClH/c14-11-7-9(15)6-10(13(11)17)12(16)8-4-2-1-3-5-8;/h6-8,12,17H,1-5,16H2;1H/t12-;/m0./s1. The van der Waals surface area contributed by atoms with Crippen molar-refractivity contribution in [2.24, 2.45) is 11.7 Å². The van der Waals surface area contributed by atoms with Gasteiger partial charge in [-0.25, -0.2) is 0 Å². The van der Waals surface area contributed by atoms with Crippen LogP contribution in [-0.2, 0) is 0 Å². The predicted molar refractivity (Wildman–Crippen MR) is 81.6 cm³/mol. The Morgan fingerprint density at radius 2 is 1.89 bits per heavy atom. The number of halogens is 3. The SMILES string of the molecule is Cl.N[C@H](c1cc(Cl)cc(Br)c1O)C1CCCCC1. The van der Waals surface area contributed by atoms with Crippen molar-refractivity contribution in [3.05, 3.63) is 27.2 Å². The van der Waals surface area contributed by atoms with Crippen LogP contribution in [-0.4, -0.2) is 5.11 Å². The van der Waals surface area contributed by atoms with E-state index in [9.17, 15) is 5.11 Å². The first-order chi connectivity index (χ1) is 8.09. The molecule has 102 valence electrons. The zero-order chi connectivity index (χ0) is 12.4. The molecule has 0 amide bonds. The average molecular weight is 355 g/mol. The third-order valence-corrected chi connectivity index (χ3v) is 4.40. The van der Waals surface area contributed by atoms with E-state index in [0.29, 0.717) is 15.4 Å². The molecule has 3 N–H and O–H groups in total. The van der Waals surface area contributed by atoms with Crippen LogP contribution < -0.4 is 5.73 Å². The van der Waals surface area contributed by atoms with Crippen molar-refractivity contribution in [3.8, 4) is 5.75 Å². The minimum absolute atomic E-state index is 0. The third-order valence-electron chi connectivity index (χ3n) is 3.57. The maximum Gasteiger partial charge on any atom is 0.134 e. The van der Waals surface area contributed by atoms with E-state index in [1.54, 1.807) is 12.1 Å². The molecule has 2 nitrogen and oxygen atoms in total. The van der Waals surface area contributed by atoms with Crippen LogP contribution in [0.4, 0.5) is 0 Å². The van der Waals surface area contributed by atoms with Gasteiger partial charge in [0.25, 0.3) is 0 Å². The highest BCUT2D eigenvalue weighted by Crippen LogP contribution is 2.40. The summed E-state index contributed by atoms with van der Waals surface area (Å²) in [5, 5.41) is 10.6. The molecular weight excluding hydrogens is 337 g/mol. The molecule has 1 aromatic rings. The Balaban J connectivity index is 0.00000162. The normalized spacial score (nSPS) is 18.2. The van der Waals surface area contributed by atoms with E-state index in [-0.39, 0.29) is 24.2 Å². The quantitative estimate of drug-likeness (QED) is 0.800. The van der Waals surface area contributed by atoms with Gasteiger partial charge >= 0.3 is 0 Å². The molecule has 1 saturated carbocycles. The Kier molecular flexibility index (Phi) is 6.25. The molecule has 0 spiro atoms. The van der Waals surface area contributed by atoms with E-state index in [2.05, 4.69) is 15.9 Å². The van der Waals surface area contributed by atoms with Crippen molar-refractivity contribution in [2.75, 3.05) is 0 Å². The number of phenols is 1. The molecule has 0 aromatic heterocycles. The van der Waals surface area contributed by atoms with Gasteiger partial charge in [0, 0.05) is 16.6 Å². The summed E-state index contributed by atoms with van der Waals surface area (Å²) < 4.78 is 0.617. The number of hydrogen-bond donors (Lipinski definition) is 2. The zero-order valence-corrected chi connectivity index (χ0v) is 13.2. The first kappa shape index (κ1) is 16.1. The van der Waals surface area contributed by atoms with Crippen molar-refractivity contribution in [1.29, 1.82) is 0 Å². The summed E-state index contributed by atoms with van der Waals surface area (Å²) in [5.74, 6) is 0.687. The van der Waals surface area contributed by atoms with Crippen LogP contribution in [0.15, 0.2) is 16.6 Å². The Morgan fingerprint density at radius 3 is 2.50 bits per heavy atom. The first-order valence-corrected chi connectivity index (χ1v) is 7.20. The predicted octanol–water partition coefficient (Wildman–Crippen LogP) is 4.81. The van der Waals surface area contributed by atoms with E-state index in [0.717, 1.165) is 18.4 Å². The van der Waals surface area contributed by atoms with Crippen molar-refractivity contribution in [1.82, 2.24) is 0 Å². The van der Waals surface area contributed by atoms with Crippen molar-refractivity contribution >= 4 is 39.9 Å². The highest BCUT2D eigenvalue weighted by molar-refractivity contribution is 9.10. The topological polar surface area (TPSA) is 46.2 Å². The third kappa shape index (κ3) is 3.53. The minimum Gasteiger partial charge on any atom is -0.506 e. The Bertz CT molecular complexity index is 408. The highest BCUT2D eigenvalue weighted by atomic mass is 79.9. The van der Waals surface area contributed by atoms with Gasteiger partial charge in [-0.2, -0.15) is 0 Å². The lowest BCUT2D eigenvalue weighted by molar-refractivity contribution is 0.303. The van der Waals surface area contributed by atoms with Crippen LogP contribution in [0, 0.1) is 5.92 Å². The molecular formula is C13H18BrCl2NO. The van der Waals surface area contributed by atoms with E-state index in [4.69, 9.17) is 17.3 Å². The molecule has 0 saturated heterocycles. The van der Waals surface area contributed by atoms with E-state index >= 15 is 0 Å². The summed E-state index contributed by atoms with van der Waals surface area (Å²) >= 11 is 9.31. The molecule has 1 atom stereocenters. The summed E-state index contributed by atoms with van der Waals surface area (Å²) in [6.07, 6.45) is 6.06. The molecule has 0 radical (unpaired) electrons. The number of phenolic OH excluding ortho intramolecular Hbond substituents is 1. The number of nitrogens with two attached hydrogens (primary N) is 1. The average Bonchev–Trinajstić information content (AvgIpc) is 2.34. The molecule has 18 heavy (non-hydrogen) atoms. The monoisotopic (exact) mass is 353 g/mol. The molecule has 1 aliphatic carbocycles. The van der Waals surface area contributed by atoms with Gasteiger partial charge in [-0.15, -0.1) is 12.4 Å². The fourth-order valence-corrected chi connectivity index (χ4v) is 3.42. The van der Waals surface area contributed by atoms with Gasteiger partial charge < -0.3 is 10.8 Å². The van der Waals surface area contributed by atoms with Gasteiger partial charge in [0.15, 0.2) is 0 Å².